The lowest BCUT2D eigenvalue weighted by atomic mass is 10.3. The lowest BCUT2D eigenvalue weighted by molar-refractivity contribution is 0.630. The number of anilines is 2. The molecule has 4 nitrogen and oxygen atoms in total. The third kappa shape index (κ3) is 3.00. The van der Waals surface area contributed by atoms with Gasteiger partial charge in [-0.15, -0.1) is 0 Å². The zero-order valence-corrected chi connectivity index (χ0v) is 14.2. The summed E-state index contributed by atoms with van der Waals surface area (Å²) in [7, 11) is 1.85. The molecular weight excluding hydrogens is 333 g/mol. The molecule has 2 aromatic carbocycles. The topological polar surface area (TPSA) is 39.0 Å². The summed E-state index contributed by atoms with van der Waals surface area (Å²) >= 11 is 12.0. The number of halogens is 2. The Hall–Kier alpha value is -2.17. The summed E-state index contributed by atoms with van der Waals surface area (Å²) in [6.45, 7) is 1.88. The van der Waals surface area contributed by atoms with Crippen LogP contribution in [0.3, 0.4) is 0 Å². The Balaban J connectivity index is 2.09. The lowest BCUT2D eigenvalue weighted by Gasteiger charge is -2.07. The van der Waals surface area contributed by atoms with E-state index in [-0.39, 0.29) is 5.56 Å². The van der Waals surface area contributed by atoms with Crippen LogP contribution in [0.15, 0.2) is 53.3 Å². The first kappa shape index (κ1) is 15.7. The molecule has 6 heteroatoms. The Kier molecular flexibility index (Phi) is 4.20. The van der Waals surface area contributed by atoms with Crippen LogP contribution < -0.4 is 10.9 Å². The van der Waals surface area contributed by atoms with Crippen LogP contribution in [-0.2, 0) is 7.05 Å². The van der Waals surface area contributed by atoms with Crippen LogP contribution >= 0.6 is 23.2 Å². The third-order valence-electron chi connectivity index (χ3n) is 3.69. The van der Waals surface area contributed by atoms with E-state index >= 15 is 0 Å². The van der Waals surface area contributed by atoms with Gasteiger partial charge < -0.3 is 5.32 Å². The first-order valence-corrected chi connectivity index (χ1v) is 7.80. The summed E-state index contributed by atoms with van der Waals surface area (Å²) in [5.74, 6) is 0. The van der Waals surface area contributed by atoms with Gasteiger partial charge in [0.25, 0.3) is 5.56 Å². The van der Waals surface area contributed by atoms with Gasteiger partial charge in [0.2, 0.25) is 0 Å². The number of nitrogens with one attached hydrogen (secondary N) is 1. The molecule has 0 amide bonds. The Morgan fingerprint density at radius 2 is 1.61 bits per heavy atom. The van der Waals surface area contributed by atoms with Gasteiger partial charge in [0, 0.05) is 22.8 Å². The third-order valence-corrected chi connectivity index (χ3v) is 4.12. The standard InChI is InChI=1S/C17H15Cl2N3O/c1-11-16(20-14-9-12(18)8-13(19)10-14)17(23)22(21(11)2)15-6-4-3-5-7-15/h3-10,20H,1-2H3. The number of hydrogen-bond acceptors (Lipinski definition) is 2. The Morgan fingerprint density at radius 1 is 1.00 bits per heavy atom. The van der Waals surface area contributed by atoms with E-state index in [9.17, 15) is 4.79 Å². The molecule has 0 saturated heterocycles. The summed E-state index contributed by atoms with van der Waals surface area (Å²) in [6, 6.07) is 14.6. The Bertz CT molecular complexity index is 893. The summed E-state index contributed by atoms with van der Waals surface area (Å²) in [5.41, 5.74) is 2.66. The average molecular weight is 348 g/mol. The fraction of sp³-hybridized carbons (Fsp3) is 0.118. The highest BCUT2D eigenvalue weighted by atomic mass is 35.5. The molecule has 0 spiro atoms. The molecule has 1 N–H and O–H groups in total. The minimum atomic E-state index is -0.132. The van der Waals surface area contributed by atoms with Gasteiger partial charge in [-0.1, -0.05) is 41.4 Å². The fourth-order valence-corrected chi connectivity index (χ4v) is 3.01. The second-order valence-corrected chi connectivity index (χ2v) is 6.09. The molecule has 0 bridgehead atoms. The fourth-order valence-electron chi connectivity index (χ4n) is 2.48. The van der Waals surface area contributed by atoms with Crippen molar-refractivity contribution in [2.24, 2.45) is 7.05 Å². The second kappa shape index (κ2) is 6.14. The van der Waals surface area contributed by atoms with E-state index in [2.05, 4.69) is 5.32 Å². The summed E-state index contributed by atoms with van der Waals surface area (Å²) in [6.07, 6.45) is 0. The molecule has 0 fully saturated rings. The molecule has 0 radical (unpaired) electrons. The number of benzene rings is 2. The molecule has 1 heterocycles. The molecule has 23 heavy (non-hydrogen) atoms. The van der Waals surface area contributed by atoms with Crippen molar-refractivity contribution < 1.29 is 0 Å². The van der Waals surface area contributed by atoms with Crippen molar-refractivity contribution in [3.63, 3.8) is 0 Å². The van der Waals surface area contributed by atoms with Crippen molar-refractivity contribution in [2.45, 2.75) is 6.92 Å². The number of aromatic nitrogens is 2. The molecule has 0 saturated carbocycles. The number of hydrogen-bond donors (Lipinski definition) is 1. The van der Waals surface area contributed by atoms with E-state index in [1.54, 1.807) is 22.9 Å². The van der Waals surface area contributed by atoms with Crippen LogP contribution in [-0.4, -0.2) is 9.36 Å². The molecule has 0 atom stereocenters. The molecule has 3 aromatic rings. The van der Waals surface area contributed by atoms with Crippen LogP contribution in [0, 0.1) is 6.92 Å². The van der Waals surface area contributed by atoms with E-state index in [0.717, 1.165) is 11.4 Å². The van der Waals surface area contributed by atoms with Crippen molar-refractivity contribution in [2.75, 3.05) is 5.32 Å². The van der Waals surface area contributed by atoms with Crippen molar-refractivity contribution in [1.29, 1.82) is 0 Å². The SMILES string of the molecule is Cc1c(Nc2cc(Cl)cc(Cl)c2)c(=O)n(-c2ccccc2)n1C. The average Bonchev–Trinajstić information content (AvgIpc) is 2.71. The van der Waals surface area contributed by atoms with Gasteiger partial charge in [-0.05, 0) is 37.3 Å². The monoisotopic (exact) mass is 347 g/mol. The molecular formula is C17H15Cl2N3O. The molecule has 0 aliphatic carbocycles. The highest BCUT2D eigenvalue weighted by Crippen LogP contribution is 2.25. The van der Waals surface area contributed by atoms with Crippen molar-refractivity contribution in [3.05, 3.63) is 74.6 Å². The zero-order chi connectivity index (χ0) is 16.6. The first-order chi connectivity index (χ1) is 11.0. The molecule has 118 valence electrons. The summed E-state index contributed by atoms with van der Waals surface area (Å²) in [4.78, 5) is 12.8. The number of rotatable bonds is 3. The van der Waals surface area contributed by atoms with Crippen molar-refractivity contribution in [3.8, 4) is 5.69 Å². The van der Waals surface area contributed by atoms with Gasteiger partial charge in [-0.3, -0.25) is 9.48 Å². The van der Waals surface area contributed by atoms with Gasteiger partial charge in [0.15, 0.2) is 0 Å². The first-order valence-electron chi connectivity index (χ1n) is 7.04. The van der Waals surface area contributed by atoms with Crippen LogP contribution in [0.5, 0.6) is 0 Å². The maximum Gasteiger partial charge on any atom is 0.295 e. The van der Waals surface area contributed by atoms with E-state index in [1.807, 2.05) is 49.0 Å². The molecule has 0 aliphatic heterocycles. The van der Waals surface area contributed by atoms with E-state index < -0.39 is 0 Å². The van der Waals surface area contributed by atoms with E-state index in [0.29, 0.717) is 21.4 Å². The lowest BCUT2D eigenvalue weighted by Crippen LogP contribution is -2.20. The minimum Gasteiger partial charge on any atom is -0.349 e. The highest BCUT2D eigenvalue weighted by molar-refractivity contribution is 6.35. The van der Waals surface area contributed by atoms with Crippen LogP contribution in [0.2, 0.25) is 10.0 Å². The Labute approximate surface area is 143 Å². The summed E-state index contributed by atoms with van der Waals surface area (Å²) < 4.78 is 3.43. The van der Waals surface area contributed by atoms with Gasteiger partial charge in [-0.25, -0.2) is 4.68 Å². The van der Waals surface area contributed by atoms with Gasteiger partial charge in [-0.2, -0.15) is 0 Å². The van der Waals surface area contributed by atoms with E-state index in [1.165, 1.54) is 0 Å². The largest absolute Gasteiger partial charge is 0.349 e. The van der Waals surface area contributed by atoms with Crippen LogP contribution in [0.4, 0.5) is 11.4 Å². The minimum absolute atomic E-state index is 0.132. The smallest absolute Gasteiger partial charge is 0.295 e. The normalized spacial score (nSPS) is 10.8. The second-order valence-electron chi connectivity index (χ2n) is 5.22. The summed E-state index contributed by atoms with van der Waals surface area (Å²) in [5, 5.41) is 4.15. The Morgan fingerprint density at radius 3 is 2.22 bits per heavy atom. The van der Waals surface area contributed by atoms with Crippen molar-refractivity contribution in [1.82, 2.24) is 9.36 Å². The molecule has 0 aliphatic rings. The van der Waals surface area contributed by atoms with Gasteiger partial charge in [0.05, 0.1) is 11.4 Å². The van der Waals surface area contributed by atoms with Gasteiger partial charge >= 0.3 is 0 Å². The quantitative estimate of drug-likeness (QED) is 0.755. The van der Waals surface area contributed by atoms with Crippen LogP contribution in [0.1, 0.15) is 5.69 Å². The number of nitrogens with zero attached hydrogens (tertiary/aromatic N) is 2. The van der Waals surface area contributed by atoms with Crippen molar-refractivity contribution >= 4 is 34.6 Å². The van der Waals surface area contributed by atoms with Crippen LogP contribution in [0.25, 0.3) is 5.69 Å². The predicted octanol–water partition coefficient (Wildman–Crippen LogP) is 4.53. The highest BCUT2D eigenvalue weighted by Gasteiger charge is 2.16. The molecule has 0 unspecified atom stereocenters. The maximum absolute atomic E-state index is 12.8. The predicted molar refractivity (Wildman–Crippen MR) is 95.5 cm³/mol. The van der Waals surface area contributed by atoms with Gasteiger partial charge in [0.1, 0.15) is 5.69 Å². The zero-order valence-electron chi connectivity index (χ0n) is 12.7. The molecule has 1 aromatic heterocycles. The van der Waals surface area contributed by atoms with E-state index in [4.69, 9.17) is 23.2 Å². The maximum atomic E-state index is 12.8. The number of para-hydroxylation sites is 1. The molecule has 3 rings (SSSR count).